The number of rotatable bonds is 3. The van der Waals surface area contributed by atoms with E-state index < -0.39 is 14.9 Å². The lowest BCUT2D eigenvalue weighted by Crippen LogP contribution is -2.48. The standard InChI is InChI=1S/C13H19N3O4S.ClH/c1-9-3-4-11(16(17)18)7-13(9)21(19,20)15-6-5-12(14)10(2)8-15;/h3-4,7,10,12H,5-6,8,14H2,1-2H3;1H. The Bertz CT molecular complexity index is 665. The summed E-state index contributed by atoms with van der Waals surface area (Å²) in [4.78, 5) is 10.3. The van der Waals surface area contributed by atoms with Crippen molar-refractivity contribution in [1.29, 1.82) is 0 Å². The molecule has 1 heterocycles. The van der Waals surface area contributed by atoms with Crippen LogP contribution in [0.2, 0.25) is 0 Å². The molecule has 1 aromatic rings. The molecule has 2 unspecified atom stereocenters. The minimum Gasteiger partial charge on any atom is -0.327 e. The highest BCUT2D eigenvalue weighted by atomic mass is 35.5. The van der Waals surface area contributed by atoms with Crippen LogP contribution in [0.3, 0.4) is 0 Å². The van der Waals surface area contributed by atoms with Crippen LogP contribution in [0.15, 0.2) is 23.1 Å². The van der Waals surface area contributed by atoms with E-state index >= 15 is 0 Å². The van der Waals surface area contributed by atoms with Crippen LogP contribution in [0.5, 0.6) is 0 Å². The Hall–Kier alpha value is -1.22. The van der Waals surface area contributed by atoms with Crippen LogP contribution in [-0.4, -0.2) is 36.8 Å². The summed E-state index contributed by atoms with van der Waals surface area (Å²) in [5.41, 5.74) is 6.19. The highest BCUT2D eigenvalue weighted by Gasteiger charge is 2.33. The van der Waals surface area contributed by atoms with Gasteiger partial charge in [-0.3, -0.25) is 10.1 Å². The summed E-state index contributed by atoms with van der Waals surface area (Å²) in [6.07, 6.45) is 0.592. The molecule has 1 aliphatic heterocycles. The third-order valence-electron chi connectivity index (χ3n) is 3.93. The van der Waals surface area contributed by atoms with E-state index in [9.17, 15) is 18.5 Å². The van der Waals surface area contributed by atoms with E-state index in [1.165, 1.54) is 16.4 Å². The smallest absolute Gasteiger partial charge is 0.270 e. The van der Waals surface area contributed by atoms with E-state index in [-0.39, 0.29) is 34.9 Å². The van der Waals surface area contributed by atoms with Crippen LogP contribution >= 0.6 is 12.4 Å². The van der Waals surface area contributed by atoms with Gasteiger partial charge in [-0.2, -0.15) is 4.31 Å². The molecular formula is C13H20ClN3O4S. The van der Waals surface area contributed by atoms with Gasteiger partial charge >= 0.3 is 0 Å². The Kier molecular flexibility index (Phi) is 5.91. The second-order valence-corrected chi connectivity index (χ2v) is 7.41. The van der Waals surface area contributed by atoms with E-state index in [2.05, 4.69) is 0 Å². The van der Waals surface area contributed by atoms with Crippen LogP contribution in [0.25, 0.3) is 0 Å². The molecule has 22 heavy (non-hydrogen) atoms. The second kappa shape index (κ2) is 6.91. The molecule has 0 aliphatic carbocycles. The highest BCUT2D eigenvalue weighted by Crippen LogP contribution is 2.27. The predicted octanol–water partition coefficient (Wildman–Crippen LogP) is 1.68. The summed E-state index contributed by atoms with van der Waals surface area (Å²) in [7, 11) is -3.73. The minimum absolute atomic E-state index is 0. The highest BCUT2D eigenvalue weighted by molar-refractivity contribution is 7.89. The van der Waals surface area contributed by atoms with Crippen LogP contribution in [0.4, 0.5) is 5.69 Å². The molecule has 0 bridgehead atoms. The molecule has 1 aliphatic rings. The largest absolute Gasteiger partial charge is 0.327 e. The van der Waals surface area contributed by atoms with E-state index in [1.54, 1.807) is 6.92 Å². The van der Waals surface area contributed by atoms with Gasteiger partial charge in [-0.05, 0) is 24.8 Å². The fourth-order valence-electron chi connectivity index (χ4n) is 2.46. The van der Waals surface area contributed by atoms with Gasteiger partial charge in [0.15, 0.2) is 0 Å². The molecule has 1 aromatic carbocycles. The third-order valence-corrected chi connectivity index (χ3v) is 5.94. The van der Waals surface area contributed by atoms with Crippen LogP contribution in [0, 0.1) is 23.0 Å². The molecule has 0 amide bonds. The van der Waals surface area contributed by atoms with Gasteiger partial charge in [0.1, 0.15) is 0 Å². The van der Waals surface area contributed by atoms with E-state index in [0.29, 0.717) is 25.1 Å². The quantitative estimate of drug-likeness (QED) is 0.660. The van der Waals surface area contributed by atoms with Gasteiger partial charge in [-0.25, -0.2) is 8.42 Å². The third kappa shape index (κ3) is 3.57. The zero-order valence-corrected chi connectivity index (χ0v) is 14.1. The van der Waals surface area contributed by atoms with Gasteiger partial charge < -0.3 is 5.73 Å². The second-order valence-electron chi connectivity index (χ2n) is 5.50. The van der Waals surface area contributed by atoms with Gasteiger partial charge in [-0.15, -0.1) is 12.4 Å². The molecule has 9 heteroatoms. The maximum absolute atomic E-state index is 12.7. The fraction of sp³-hybridized carbons (Fsp3) is 0.538. The van der Waals surface area contributed by atoms with Gasteiger partial charge in [0.2, 0.25) is 10.0 Å². The van der Waals surface area contributed by atoms with Gasteiger partial charge in [-0.1, -0.05) is 13.0 Å². The zero-order chi connectivity index (χ0) is 15.8. The number of hydrogen-bond donors (Lipinski definition) is 1. The summed E-state index contributed by atoms with van der Waals surface area (Å²) in [5, 5.41) is 10.8. The van der Waals surface area contributed by atoms with Crippen LogP contribution in [-0.2, 0) is 10.0 Å². The number of benzene rings is 1. The molecule has 0 aromatic heterocycles. The van der Waals surface area contributed by atoms with Crippen molar-refractivity contribution in [2.75, 3.05) is 13.1 Å². The summed E-state index contributed by atoms with van der Waals surface area (Å²) < 4.78 is 26.8. The molecule has 2 N–H and O–H groups in total. The lowest BCUT2D eigenvalue weighted by atomic mass is 9.96. The first kappa shape index (κ1) is 18.8. The summed E-state index contributed by atoms with van der Waals surface area (Å²) in [6.45, 7) is 4.23. The SMILES string of the molecule is Cc1ccc([N+](=O)[O-])cc1S(=O)(=O)N1CCC(N)C(C)C1.Cl. The van der Waals surface area contributed by atoms with Crippen LogP contribution < -0.4 is 5.73 Å². The van der Waals surface area contributed by atoms with Gasteiger partial charge in [0.25, 0.3) is 5.69 Å². The number of sulfonamides is 1. The average molecular weight is 350 g/mol. The molecule has 2 atom stereocenters. The van der Waals surface area contributed by atoms with E-state index in [1.807, 2.05) is 6.92 Å². The lowest BCUT2D eigenvalue weighted by Gasteiger charge is -2.34. The topological polar surface area (TPSA) is 107 Å². The van der Waals surface area contributed by atoms with Crippen molar-refractivity contribution in [2.45, 2.75) is 31.2 Å². The Balaban J connectivity index is 0.00000242. The van der Waals surface area contributed by atoms with Crippen molar-refractivity contribution in [3.63, 3.8) is 0 Å². The number of piperidine rings is 1. The molecule has 0 spiro atoms. The molecule has 7 nitrogen and oxygen atoms in total. The maximum atomic E-state index is 12.7. The molecule has 0 saturated carbocycles. The number of hydrogen-bond acceptors (Lipinski definition) is 5. The monoisotopic (exact) mass is 349 g/mol. The zero-order valence-electron chi connectivity index (χ0n) is 12.4. The van der Waals surface area contributed by atoms with Crippen molar-refractivity contribution in [3.05, 3.63) is 33.9 Å². The summed E-state index contributed by atoms with van der Waals surface area (Å²) in [5.74, 6) is 0.0625. The summed E-state index contributed by atoms with van der Waals surface area (Å²) in [6, 6.07) is 3.89. The molecule has 124 valence electrons. The lowest BCUT2D eigenvalue weighted by molar-refractivity contribution is -0.385. The first-order valence-electron chi connectivity index (χ1n) is 6.74. The van der Waals surface area contributed by atoms with E-state index in [4.69, 9.17) is 5.73 Å². The van der Waals surface area contributed by atoms with Gasteiger partial charge in [0, 0.05) is 31.3 Å². The normalized spacial score (nSPS) is 22.9. The van der Waals surface area contributed by atoms with Crippen molar-refractivity contribution in [3.8, 4) is 0 Å². The van der Waals surface area contributed by atoms with E-state index in [0.717, 1.165) is 6.07 Å². The van der Waals surface area contributed by atoms with Crippen molar-refractivity contribution >= 4 is 28.1 Å². The minimum atomic E-state index is -3.73. The Morgan fingerprint density at radius 2 is 2.05 bits per heavy atom. The number of nitrogens with zero attached hydrogens (tertiary/aromatic N) is 2. The fourth-order valence-corrected chi connectivity index (χ4v) is 4.26. The van der Waals surface area contributed by atoms with Crippen molar-refractivity contribution < 1.29 is 13.3 Å². The number of halogens is 1. The molecule has 0 radical (unpaired) electrons. The average Bonchev–Trinajstić information content (AvgIpc) is 2.41. The summed E-state index contributed by atoms with van der Waals surface area (Å²) >= 11 is 0. The van der Waals surface area contributed by atoms with Crippen molar-refractivity contribution in [1.82, 2.24) is 4.31 Å². The Morgan fingerprint density at radius 1 is 1.41 bits per heavy atom. The molecule has 2 rings (SSSR count). The predicted molar refractivity (Wildman–Crippen MR) is 85.6 cm³/mol. The number of nitro groups is 1. The number of aryl methyl sites for hydroxylation is 1. The Labute approximate surface area is 136 Å². The van der Waals surface area contributed by atoms with Gasteiger partial charge in [0.05, 0.1) is 9.82 Å². The first-order valence-corrected chi connectivity index (χ1v) is 8.18. The number of nitro benzene ring substituents is 1. The number of non-ortho nitro benzene ring substituents is 1. The van der Waals surface area contributed by atoms with Crippen molar-refractivity contribution in [2.24, 2.45) is 11.7 Å². The number of nitrogens with two attached hydrogens (primary N) is 1. The molecule has 1 saturated heterocycles. The molecular weight excluding hydrogens is 330 g/mol. The molecule has 1 fully saturated rings. The maximum Gasteiger partial charge on any atom is 0.270 e. The Morgan fingerprint density at radius 3 is 2.59 bits per heavy atom. The first-order chi connectivity index (χ1) is 9.73. The van der Waals surface area contributed by atoms with Crippen LogP contribution in [0.1, 0.15) is 18.9 Å².